The van der Waals surface area contributed by atoms with Gasteiger partial charge in [0.15, 0.2) is 6.29 Å². The predicted octanol–water partition coefficient (Wildman–Crippen LogP) is 3.11. The molecule has 0 aromatic rings. The Kier molecular flexibility index (Phi) is 2.39. The highest BCUT2D eigenvalue weighted by atomic mass is 16.7. The fourth-order valence-electron chi connectivity index (χ4n) is 2.95. The fraction of sp³-hybridized carbons (Fsp3) is 1.00. The van der Waals surface area contributed by atoms with Crippen LogP contribution >= 0.6 is 0 Å². The maximum atomic E-state index is 6.08. The summed E-state index contributed by atoms with van der Waals surface area (Å²) in [5.74, 6) is 0.630. The summed E-state index contributed by atoms with van der Waals surface area (Å²) in [6.45, 7) is 8.76. The van der Waals surface area contributed by atoms with Gasteiger partial charge in [-0.1, -0.05) is 13.8 Å². The zero-order chi connectivity index (χ0) is 10.4. The smallest absolute Gasteiger partial charge is 0.162 e. The molecule has 2 atom stereocenters. The molecule has 0 bridgehead atoms. The van der Waals surface area contributed by atoms with Gasteiger partial charge in [0.25, 0.3) is 0 Å². The lowest BCUT2D eigenvalue weighted by atomic mass is 9.86. The van der Waals surface area contributed by atoms with E-state index < -0.39 is 0 Å². The molecule has 0 aliphatic carbocycles. The number of hydrogen-bond donors (Lipinski definition) is 0. The van der Waals surface area contributed by atoms with E-state index in [1.165, 1.54) is 6.42 Å². The summed E-state index contributed by atoms with van der Waals surface area (Å²) < 4.78 is 12.0. The van der Waals surface area contributed by atoms with Crippen molar-refractivity contribution < 1.29 is 9.47 Å². The van der Waals surface area contributed by atoms with Gasteiger partial charge >= 0.3 is 0 Å². The van der Waals surface area contributed by atoms with Crippen LogP contribution in [0.5, 0.6) is 0 Å². The van der Waals surface area contributed by atoms with Crippen molar-refractivity contribution in [3.8, 4) is 0 Å². The Morgan fingerprint density at radius 1 is 1.07 bits per heavy atom. The minimum absolute atomic E-state index is 0.0307. The summed E-state index contributed by atoms with van der Waals surface area (Å²) in [7, 11) is 0. The first-order valence-corrected chi connectivity index (χ1v) is 5.86. The topological polar surface area (TPSA) is 18.5 Å². The molecule has 2 nitrogen and oxygen atoms in total. The third kappa shape index (κ3) is 1.59. The molecule has 2 saturated heterocycles. The van der Waals surface area contributed by atoms with Gasteiger partial charge in [-0.2, -0.15) is 0 Å². The van der Waals surface area contributed by atoms with Crippen LogP contribution in [0.4, 0.5) is 0 Å². The summed E-state index contributed by atoms with van der Waals surface area (Å²) in [4.78, 5) is 0. The maximum absolute atomic E-state index is 6.08. The first-order chi connectivity index (χ1) is 6.50. The molecule has 0 amide bonds. The Hall–Kier alpha value is -0.0800. The lowest BCUT2D eigenvalue weighted by Gasteiger charge is -2.29. The normalized spacial score (nSPS) is 38.6. The molecule has 0 saturated carbocycles. The van der Waals surface area contributed by atoms with Gasteiger partial charge in [-0.25, -0.2) is 0 Å². The molecule has 0 aromatic heterocycles. The van der Waals surface area contributed by atoms with E-state index in [1.54, 1.807) is 0 Å². The molecule has 14 heavy (non-hydrogen) atoms. The maximum Gasteiger partial charge on any atom is 0.162 e. The molecule has 0 radical (unpaired) electrons. The van der Waals surface area contributed by atoms with Crippen molar-refractivity contribution in [2.45, 2.75) is 70.9 Å². The first-order valence-electron chi connectivity index (χ1n) is 5.86. The SMILES string of the molecule is CCC1(CC)C[C@H]2CC(C)(C)O[C@H]2O1. The number of rotatable bonds is 2. The molecular formula is C12H22O2. The second kappa shape index (κ2) is 3.21. The summed E-state index contributed by atoms with van der Waals surface area (Å²) >= 11 is 0. The van der Waals surface area contributed by atoms with Gasteiger partial charge in [0.1, 0.15) is 0 Å². The number of ether oxygens (including phenoxy) is 2. The average Bonchev–Trinajstić information content (AvgIpc) is 2.55. The monoisotopic (exact) mass is 198 g/mol. The quantitative estimate of drug-likeness (QED) is 0.678. The molecule has 0 N–H and O–H groups in total. The summed E-state index contributed by atoms with van der Waals surface area (Å²) in [6, 6.07) is 0. The van der Waals surface area contributed by atoms with Crippen LogP contribution in [0.25, 0.3) is 0 Å². The lowest BCUT2D eigenvalue weighted by Crippen LogP contribution is -2.31. The highest BCUT2D eigenvalue weighted by Gasteiger charge is 2.52. The van der Waals surface area contributed by atoms with Crippen LogP contribution in [0.15, 0.2) is 0 Å². The second-order valence-electron chi connectivity index (χ2n) is 5.42. The van der Waals surface area contributed by atoms with Gasteiger partial charge in [-0.05, 0) is 39.5 Å². The summed E-state index contributed by atoms with van der Waals surface area (Å²) in [6.07, 6.45) is 4.64. The molecule has 82 valence electrons. The van der Waals surface area contributed by atoms with E-state index in [0.29, 0.717) is 5.92 Å². The molecule has 2 aliphatic rings. The Balaban J connectivity index is 2.06. The van der Waals surface area contributed by atoms with E-state index in [-0.39, 0.29) is 17.5 Å². The molecule has 2 heterocycles. The number of fused-ring (bicyclic) bond motifs is 1. The van der Waals surface area contributed by atoms with Crippen LogP contribution in [-0.2, 0) is 9.47 Å². The van der Waals surface area contributed by atoms with Crippen molar-refractivity contribution in [3.63, 3.8) is 0 Å². The van der Waals surface area contributed by atoms with Crippen molar-refractivity contribution in [2.24, 2.45) is 5.92 Å². The molecule has 2 aliphatic heterocycles. The summed E-state index contributed by atoms with van der Waals surface area (Å²) in [5, 5.41) is 0. The zero-order valence-electron chi connectivity index (χ0n) is 9.80. The van der Waals surface area contributed by atoms with Crippen molar-refractivity contribution in [1.29, 1.82) is 0 Å². The largest absolute Gasteiger partial charge is 0.346 e. The molecule has 0 aromatic carbocycles. The highest BCUT2D eigenvalue weighted by Crippen LogP contribution is 2.49. The zero-order valence-corrected chi connectivity index (χ0v) is 9.80. The predicted molar refractivity (Wildman–Crippen MR) is 56.1 cm³/mol. The van der Waals surface area contributed by atoms with Crippen LogP contribution in [0, 0.1) is 5.92 Å². The van der Waals surface area contributed by atoms with E-state index in [1.807, 2.05) is 0 Å². The molecule has 2 rings (SSSR count). The minimum atomic E-state index is 0.0307. The lowest BCUT2D eigenvalue weighted by molar-refractivity contribution is -0.193. The van der Waals surface area contributed by atoms with Crippen LogP contribution in [0.2, 0.25) is 0 Å². The van der Waals surface area contributed by atoms with Gasteiger partial charge in [0.05, 0.1) is 11.2 Å². The Bertz CT molecular complexity index is 200. The van der Waals surface area contributed by atoms with Gasteiger partial charge < -0.3 is 9.47 Å². The van der Waals surface area contributed by atoms with E-state index in [4.69, 9.17) is 9.47 Å². The molecule has 2 fully saturated rings. The molecule has 0 spiro atoms. The molecule has 2 heteroatoms. The van der Waals surface area contributed by atoms with Gasteiger partial charge in [0.2, 0.25) is 0 Å². The fourth-order valence-corrected chi connectivity index (χ4v) is 2.95. The second-order valence-corrected chi connectivity index (χ2v) is 5.42. The Labute approximate surface area is 87.0 Å². The van der Waals surface area contributed by atoms with E-state index in [2.05, 4.69) is 27.7 Å². The van der Waals surface area contributed by atoms with Crippen LogP contribution < -0.4 is 0 Å². The van der Waals surface area contributed by atoms with E-state index in [9.17, 15) is 0 Å². The highest BCUT2D eigenvalue weighted by molar-refractivity contribution is 4.96. The minimum Gasteiger partial charge on any atom is -0.346 e. The van der Waals surface area contributed by atoms with E-state index in [0.717, 1.165) is 19.3 Å². The Morgan fingerprint density at radius 3 is 2.21 bits per heavy atom. The van der Waals surface area contributed by atoms with Crippen LogP contribution in [0.1, 0.15) is 53.4 Å². The van der Waals surface area contributed by atoms with Crippen molar-refractivity contribution >= 4 is 0 Å². The van der Waals surface area contributed by atoms with Gasteiger partial charge in [-0.15, -0.1) is 0 Å². The summed E-state index contributed by atoms with van der Waals surface area (Å²) in [5.41, 5.74) is 0.148. The van der Waals surface area contributed by atoms with Crippen LogP contribution in [-0.4, -0.2) is 17.5 Å². The average molecular weight is 198 g/mol. The van der Waals surface area contributed by atoms with Crippen molar-refractivity contribution in [2.75, 3.05) is 0 Å². The van der Waals surface area contributed by atoms with Crippen molar-refractivity contribution in [3.05, 3.63) is 0 Å². The third-order valence-corrected chi connectivity index (χ3v) is 3.86. The standard InChI is InChI=1S/C12H22O2/c1-5-12(6-2)8-9-7-11(3,4)13-10(9)14-12/h9-10H,5-8H2,1-4H3/t9-,10+/m1/s1. The Morgan fingerprint density at radius 2 is 1.71 bits per heavy atom. The molecule has 0 unspecified atom stereocenters. The molecular weight excluding hydrogens is 176 g/mol. The van der Waals surface area contributed by atoms with E-state index >= 15 is 0 Å². The van der Waals surface area contributed by atoms with Gasteiger partial charge in [-0.3, -0.25) is 0 Å². The van der Waals surface area contributed by atoms with Crippen LogP contribution in [0.3, 0.4) is 0 Å². The first kappa shape index (κ1) is 10.4. The van der Waals surface area contributed by atoms with Gasteiger partial charge in [0, 0.05) is 5.92 Å². The number of hydrogen-bond acceptors (Lipinski definition) is 2. The van der Waals surface area contributed by atoms with Crippen molar-refractivity contribution in [1.82, 2.24) is 0 Å². The third-order valence-electron chi connectivity index (χ3n) is 3.86.